The fraction of sp³-hybridized carbons (Fsp3) is 0.444. The molecule has 186 valence electrons. The molecule has 1 saturated carbocycles. The van der Waals surface area contributed by atoms with E-state index in [2.05, 4.69) is 34.9 Å². The van der Waals surface area contributed by atoms with Crippen LogP contribution in [0.15, 0.2) is 48.5 Å². The number of carbonyl (C=O) groups excluding carboxylic acids is 2. The maximum absolute atomic E-state index is 12.8. The minimum Gasteiger partial charge on any atom is -0.481 e. The van der Waals surface area contributed by atoms with Gasteiger partial charge in [-0.3, -0.25) is 9.59 Å². The maximum Gasteiger partial charge on any atom is 0.407 e. The highest BCUT2D eigenvalue weighted by atomic mass is 16.5. The van der Waals surface area contributed by atoms with Crippen LogP contribution in [-0.4, -0.2) is 53.0 Å². The lowest BCUT2D eigenvalue weighted by molar-refractivity contribution is -0.142. The summed E-state index contributed by atoms with van der Waals surface area (Å²) in [6, 6.07) is 15.9. The van der Waals surface area contributed by atoms with Gasteiger partial charge in [0.2, 0.25) is 5.91 Å². The number of carboxylic acid groups (broad SMARTS) is 1. The third kappa shape index (κ3) is 5.82. The summed E-state index contributed by atoms with van der Waals surface area (Å²) >= 11 is 0. The van der Waals surface area contributed by atoms with Crippen LogP contribution < -0.4 is 10.6 Å². The van der Waals surface area contributed by atoms with Gasteiger partial charge in [-0.1, -0.05) is 61.4 Å². The summed E-state index contributed by atoms with van der Waals surface area (Å²) < 4.78 is 5.64. The van der Waals surface area contributed by atoms with Crippen molar-refractivity contribution < 1.29 is 29.3 Å². The minimum absolute atomic E-state index is 0.0462. The molecular formula is C27H32N2O6. The SMILES string of the molecule is CC(O)(CNC(=O)[C@H]1CCCC[C@H]1NC(=O)OCC1c2ccccc2-c2ccccc21)CC(=O)O. The molecule has 3 atom stereocenters. The zero-order chi connectivity index (χ0) is 25.0. The smallest absolute Gasteiger partial charge is 0.407 e. The second-order valence-electron chi connectivity index (χ2n) is 9.75. The number of nitrogens with one attached hydrogen (secondary N) is 2. The van der Waals surface area contributed by atoms with Gasteiger partial charge in [-0.15, -0.1) is 0 Å². The summed E-state index contributed by atoms with van der Waals surface area (Å²) in [6.07, 6.45) is 1.95. The van der Waals surface area contributed by atoms with Crippen molar-refractivity contribution in [2.24, 2.45) is 5.92 Å². The van der Waals surface area contributed by atoms with Crippen LogP contribution in [0.5, 0.6) is 0 Å². The second kappa shape index (κ2) is 10.5. The molecule has 2 aromatic rings. The van der Waals surface area contributed by atoms with E-state index < -0.39 is 30.0 Å². The van der Waals surface area contributed by atoms with Gasteiger partial charge in [-0.25, -0.2) is 4.79 Å². The Kier molecular flexibility index (Phi) is 7.40. The number of alkyl carbamates (subject to hydrolysis) is 1. The van der Waals surface area contributed by atoms with E-state index in [0.29, 0.717) is 12.8 Å². The Balaban J connectivity index is 1.35. The standard InChI is InChI=1S/C27H32N2O6/c1-27(34,14-24(30)31)16-28-25(32)21-12-6-7-13-23(21)29-26(33)35-15-22-19-10-4-2-8-17(19)18-9-3-5-11-20(18)22/h2-5,8-11,21-23,34H,6-7,12-16H2,1H3,(H,28,32)(H,29,33)(H,30,31)/t21-,23+,27?/m0/s1. The highest BCUT2D eigenvalue weighted by molar-refractivity contribution is 5.81. The molecule has 0 saturated heterocycles. The quantitative estimate of drug-likeness (QED) is 0.459. The summed E-state index contributed by atoms with van der Waals surface area (Å²) in [7, 11) is 0. The van der Waals surface area contributed by atoms with Crippen LogP contribution in [0.25, 0.3) is 11.1 Å². The van der Waals surface area contributed by atoms with Crippen molar-refractivity contribution >= 4 is 18.0 Å². The molecule has 8 nitrogen and oxygen atoms in total. The Morgan fingerprint density at radius 3 is 2.23 bits per heavy atom. The highest BCUT2D eigenvalue weighted by Crippen LogP contribution is 2.44. The molecule has 0 spiro atoms. The maximum atomic E-state index is 12.8. The highest BCUT2D eigenvalue weighted by Gasteiger charge is 2.35. The number of hydrogen-bond acceptors (Lipinski definition) is 5. The van der Waals surface area contributed by atoms with Crippen LogP contribution >= 0.6 is 0 Å². The van der Waals surface area contributed by atoms with Crippen molar-refractivity contribution in [3.63, 3.8) is 0 Å². The molecule has 0 heterocycles. The number of amides is 2. The largest absolute Gasteiger partial charge is 0.481 e. The lowest BCUT2D eigenvalue weighted by Crippen LogP contribution is -2.51. The number of fused-ring (bicyclic) bond motifs is 3. The van der Waals surface area contributed by atoms with Gasteiger partial charge in [0.15, 0.2) is 0 Å². The second-order valence-corrected chi connectivity index (χ2v) is 9.75. The molecule has 2 aliphatic rings. The molecule has 0 aliphatic heterocycles. The molecule has 2 aromatic carbocycles. The first-order valence-corrected chi connectivity index (χ1v) is 12.1. The van der Waals surface area contributed by atoms with Gasteiger partial charge in [0.25, 0.3) is 0 Å². The molecule has 1 fully saturated rings. The number of aliphatic hydroxyl groups is 1. The molecule has 4 N–H and O–H groups in total. The molecule has 1 unspecified atom stereocenters. The van der Waals surface area contributed by atoms with Crippen molar-refractivity contribution in [1.82, 2.24) is 10.6 Å². The fourth-order valence-corrected chi connectivity index (χ4v) is 5.21. The molecule has 0 bridgehead atoms. The van der Waals surface area contributed by atoms with E-state index in [1.165, 1.54) is 6.92 Å². The van der Waals surface area contributed by atoms with E-state index in [4.69, 9.17) is 9.84 Å². The first-order valence-electron chi connectivity index (χ1n) is 12.1. The number of aliphatic carboxylic acids is 1. The van der Waals surface area contributed by atoms with Gasteiger partial charge in [0.05, 0.1) is 17.9 Å². The summed E-state index contributed by atoms with van der Waals surface area (Å²) in [4.78, 5) is 36.4. The molecule has 2 amide bonds. The van der Waals surface area contributed by atoms with Crippen molar-refractivity contribution in [1.29, 1.82) is 0 Å². The first kappa shape index (κ1) is 24.7. The number of rotatable bonds is 8. The van der Waals surface area contributed by atoms with Crippen LogP contribution in [0.3, 0.4) is 0 Å². The first-order chi connectivity index (χ1) is 16.7. The molecule has 0 aromatic heterocycles. The van der Waals surface area contributed by atoms with Gasteiger partial charge >= 0.3 is 12.1 Å². The number of hydrogen-bond donors (Lipinski definition) is 4. The Bertz CT molecular complexity index is 1050. The molecule has 2 aliphatic carbocycles. The molecule has 0 radical (unpaired) electrons. The number of carboxylic acids is 1. The van der Waals surface area contributed by atoms with Gasteiger partial charge in [-0.05, 0) is 42.0 Å². The van der Waals surface area contributed by atoms with E-state index in [1.807, 2.05) is 24.3 Å². The van der Waals surface area contributed by atoms with E-state index in [9.17, 15) is 19.5 Å². The molecular weight excluding hydrogens is 448 g/mol. The minimum atomic E-state index is -1.55. The lowest BCUT2D eigenvalue weighted by Gasteiger charge is -2.32. The zero-order valence-electron chi connectivity index (χ0n) is 19.8. The van der Waals surface area contributed by atoms with Crippen LogP contribution in [0.2, 0.25) is 0 Å². The van der Waals surface area contributed by atoms with Crippen LogP contribution in [0.1, 0.15) is 56.1 Å². The third-order valence-corrected chi connectivity index (χ3v) is 6.93. The van der Waals surface area contributed by atoms with E-state index in [-0.39, 0.29) is 31.0 Å². The van der Waals surface area contributed by atoms with Crippen molar-refractivity contribution in [2.45, 2.75) is 56.6 Å². The zero-order valence-corrected chi connectivity index (χ0v) is 19.8. The topological polar surface area (TPSA) is 125 Å². The summed E-state index contributed by atoms with van der Waals surface area (Å²) in [5.41, 5.74) is 3.01. The van der Waals surface area contributed by atoms with Crippen LogP contribution in [0, 0.1) is 5.92 Å². The van der Waals surface area contributed by atoms with Gasteiger partial charge in [0.1, 0.15) is 6.61 Å². The van der Waals surface area contributed by atoms with E-state index in [0.717, 1.165) is 35.1 Å². The van der Waals surface area contributed by atoms with Gasteiger partial charge in [0, 0.05) is 18.5 Å². The van der Waals surface area contributed by atoms with Gasteiger partial charge in [-0.2, -0.15) is 0 Å². The Morgan fingerprint density at radius 1 is 1.00 bits per heavy atom. The summed E-state index contributed by atoms with van der Waals surface area (Å²) in [5.74, 6) is -1.96. The summed E-state index contributed by atoms with van der Waals surface area (Å²) in [5, 5.41) is 24.6. The van der Waals surface area contributed by atoms with Crippen LogP contribution in [0.4, 0.5) is 4.79 Å². The van der Waals surface area contributed by atoms with Crippen molar-refractivity contribution in [3.8, 4) is 11.1 Å². The predicted molar refractivity (Wildman–Crippen MR) is 130 cm³/mol. The number of carbonyl (C=O) groups is 3. The van der Waals surface area contributed by atoms with Gasteiger partial charge < -0.3 is 25.6 Å². The monoisotopic (exact) mass is 480 g/mol. The van der Waals surface area contributed by atoms with Crippen molar-refractivity contribution in [3.05, 3.63) is 59.7 Å². The Labute approximate surface area is 204 Å². The van der Waals surface area contributed by atoms with E-state index >= 15 is 0 Å². The number of benzene rings is 2. The Hall–Kier alpha value is -3.39. The summed E-state index contributed by atoms with van der Waals surface area (Å²) in [6.45, 7) is 1.39. The average Bonchev–Trinajstić information content (AvgIpc) is 3.14. The molecule has 4 rings (SSSR count). The molecule has 35 heavy (non-hydrogen) atoms. The van der Waals surface area contributed by atoms with Crippen molar-refractivity contribution in [2.75, 3.05) is 13.2 Å². The predicted octanol–water partition coefficient (Wildman–Crippen LogP) is 3.43. The van der Waals surface area contributed by atoms with Crippen LogP contribution in [-0.2, 0) is 14.3 Å². The average molecular weight is 481 g/mol. The fourth-order valence-electron chi connectivity index (χ4n) is 5.21. The lowest BCUT2D eigenvalue weighted by atomic mass is 9.83. The van der Waals surface area contributed by atoms with E-state index in [1.54, 1.807) is 0 Å². The molecule has 8 heteroatoms. The third-order valence-electron chi connectivity index (χ3n) is 6.93. The normalized spacial score (nSPS) is 20.7. The Morgan fingerprint density at radius 2 is 1.60 bits per heavy atom. The number of ether oxygens (including phenoxy) is 1.